The Labute approximate surface area is 140 Å². The van der Waals surface area contributed by atoms with Gasteiger partial charge in [0, 0.05) is 18.3 Å². The van der Waals surface area contributed by atoms with Crippen LogP contribution < -0.4 is 10.2 Å². The Morgan fingerprint density at radius 3 is 2.96 bits per heavy atom. The summed E-state index contributed by atoms with van der Waals surface area (Å²) in [6, 6.07) is 6.52. The molecule has 122 valence electrons. The summed E-state index contributed by atoms with van der Waals surface area (Å²) in [5, 5.41) is 25.1. The standard InChI is InChI=1S/C15H11FN4O3S/c16-11-2-1-10(7-13(11)20(22)23)18-12-3-5-19(14(12)21)15-9(8-17)4-6-24-15/h1-2,4,6-7,12,18H,3,5H2/t12-/m0/s1. The van der Waals surface area contributed by atoms with E-state index in [0.717, 1.165) is 12.1 Å². The van der Waals surface area contributed by atoms with Crippen molar-refractivity contribution in [2.45, 2.75) is 12.5 Å². The number of hydrogen-bond acceptors (Lipinski definition) is 6. The predicted octanol–water partition coefficient (Wildman–Crippen LogP) is 2.88. The minimum Gasteiger partial charge on any atom is -0.373 e. The first-order valence-corrected chi connectivity index (χ1v) is 7.88. The molecule has 9 heteroatoms. The van der Waals surface area contributed by atoms with Crippen molar-refractivity contribution in [1.29, 1.82) is 5.26 Å². The molecule has 1 atom stereocenters. The summed E-state index contributed by atoms with van der Waals surface area (Å²) in [5.41, 5.74) is 0.0914. The summed E-state index contributed by atoms with van der Waals surface area (Å²) in [5.74, 6) is -1.15. The number of nitro groups is 1. The van der Waals surface area contributed by atoms with Crippen LogP contribution in [0.2, 0.25) is 0 Å². The topological polar surface area (TPSA) is 99.3 Å². The molecule has 1 aromatic heterocycles. The van der Waals surface area contributed by atoms with Gasteiger partial charge in [0.15, 0.2) is 0 Å². The molecule has 0 radical (unpaired) electrons. The Kier molecular flexibility index (Phi) is 4.14. The predicted molar refractivity (Wildman–Crippen MR) is 86.5 cm³/mol. The van der Waals surface area contributed by atoms with Crippen LogP contribution in [0.1, 0.15) is 12.0 Å². The second kappa shape index (κ2) is 6.25. The second-order valence-corrected chi connectivity index (χ2v) is 6.04. The zero-order valence-corrected chi connectivity index (χ0v) is 13.0. The van der Waals surface area contributed by atoms with Gasteiger partial charge in [-0.15, -0.1) is 11.3 Å². The Morgan fingerprint density at radius 1 is 1.46 bits per heavy atom. The van der Waals surface area contributed by atoms with Crippen LogP contribution in [-0.4, -0.2) is 23.4 Å². The van der Waals surface area contributed by atoms with Gasteiger partial charge in [0.25, 0.3) is 0 Å². The fourth-order valence-corrected chi connectivity index (χ4v) is 3.44. The first-order valence-electron chi connectivity index (χ1n) is 7.00. The van der Waals surface area contributed by atoms with E-state index in [0.29, 0.717) is 29.2 Å². The van der Waals surface area contributed by atoms with Crippen LogP contribution in [0.25, 0.3) is 0 Å². The van der Waals surface area contributed by atoms with Gasteiger partial charge in [-0.2, -0.15) is 9.65 Å². The van der Waals surface area contributed by atoms with Crippen molar-refractivity contribution >= 4 is 33.6 Å². The number of anilines is 2. The number of carbonyl (C=O) groups is 1. The van der Waals surface area contributed by atoms with E-state index in [-0.39, 0.29) is 5.91 Å². The summed E-state index contributed by atoms with van der Waals surface area (Å²) >= 11 is 1.31. The highest BCUT2D eigenvalue weighted by molar-refractivity contribution is 7.14. The molecular formula is C15H11FN4O3S. The fourth-order valence-electron chi connectivity index (χ4n) is 2.55. The largest absolute Gasteiger partial charge is 0.373 e. The van der Waals surface area contributed by atoms with Crippen molar-refractivity contribution in [3.05, 3.63) is 51.1 Å². The summed E-state index contributed by atoms with van der Waals surface area (Å²) in [4.78, 5) is 24.0. The van der Waals surface area contributed by atoms with Crippen LogP contribution >= 0.6 is 11.3 Å². The third-order valence-electron chi connectivity index (χ3n) is 3.70. The summed E-state index contributed by atoms with van der Waals surface area (Å²) in [6.07, 6.45) is 0.479. The number of carbonyl (C=O) groups excluding carboxylic acids is 1. The van der Waals surface area contributed by atoms with E-state index in [2.05, 4.69) is 5.32 Å². The van der Waals surface area contributed by atoms with E-state index >= 15 is 0 Å². The molecule has 7 nitrogen and oxygen atoms in total. The van der Waals surface area contributed by atoms with Crippen LogP contribution in [0.4, 0.5) is 20.8 Å². The van der Waals surface area contributed by atoms with Crippen LogP contribution in [0.5, 0.6) is 0 Å². The number of amides is 1. The van der Waals surface area contributed by atoms with E-state index < -0.39 is 22.5 Å². The lowest BCUT2D eigenvalue weighted by molar-refractivity contribution is -0.387. The number of hydrogen-bond donors (Lipinski definition) is 1. The molecule has 0 unspecified atom stereocenters. The third-order valence-corrected chi connectivity index (χ3v) is 4.64. The fraction of sp³-hybridized carbons (Fsp3) is 0.200. The molecule has 1 amide bonds. The molecule has 1 aliphatic rings. The monoisotopic (exact) mass is 346 g/mol. The number of nitriles is 1. The number of halogens is 1. The number of nitrogens with zero attached hydrogens (tertiary/aromatic N) is 3. The maximum atomic E-state index is 13.4. The quantitative estimate of drug-likeness (QED) is 0.678. The minimum absolute atomic E-state index is 0.221. The molecule has 2 heterocycles. The van der Waals surface area contributed by atoms with Gasteiger partial charge in [-0.05, 0) is 30.0 Å². The van der Waals surface area contributed by atoms with Crippen LogP contribution in [0.15, 0.2) is 29.6 Å². The van der Waals surface area contributed by atoms with E-state index in [4.69, 9.17) is 5.26 Å². The van der Waals surface area contributed by atoms with Gasteiger partial charge in [0.2, 0.25) is 11.7 Å². The van der Waals surface area contributed by atoms with E-state index in [1.54, 1.807) is 11.4 Å². The Morgan fingerprint density at radius 2 is 2.25 bits per heavy atom. The van der Waals surface area contributed by atoms with Gasteiger partial charge in [0.05, 0.1) is 10.5 Å². The molecule has 0 spiro atoms. The molecule has 0 aliphatic carbocycles. The first-order chi connectivity index (χ1) is 11.5. The van der Waals surface area contributed by atoms with Gasteiger partial charge in [0.1, 0.15) is 17.1 Å². The van der Waals surface area contributed by atoms with E-state index in [1.165, 1.54) is 22.3 Å². The third kappa shape index (κ3) is 2.79. The van der Waals surface area contributed by atoms with Gasteiger partial charge < -0.3 is 10.2 Å². The van der Waals surface area contributed by atoms with Crippen molar-refractivity contribution in [3.8, 4) is 6.07 Å². The van der Waals surface area contributed by atoms with Crippen LogP contribution in [-0.2, 0) is 4.79 Å². The summed E-state index contributed by atoms with van der Waals surface area (Å²) in [6.45, 7) is 0.439. The van der Waals surface area contributed by atoms with Crippen LogP contribution in [0.3, 0.4) is 0 Å². The molecule has 24 heavy (non-hydrogen) atoms. The average molecular weight is 346 g/mol. The average Bonchev–Trinajstić information content (AvgIpc) is 3.16. The van der Waals surface area contributed by atoms with E-state index in [1.807, 2.05) is 6.07 Å². The zero-order valence-electron chi connectivity index (χ0n) is 12.2. The molecule has 1 fully saturated rings. The summed E-state index contributed by atoms with van der Waals surface area (Å²) < 4.78 is 13.4. The van der Waals surface area contributed by atoms with E-state index in [9.17, 15) is 19.3 Å². The molecular weight excluding hydrogens is 335 g/mol. The van der Waals surface area contributed by atoms with Crippen molar-refractivity contribution in [2.24, 2.45) is 0 Å². The molecule has 0 saturated carbocycles. The number of nitrogens with one attached hydrogen (secondary N) is 1. The van der Waals surface area contributed by atoms with Crippen LogP contribution in [0, 0.1) is 27.3 Å². The SMILES string of the molecule is N#Cc1ccsc1N1CC[C@H](Nc2ccc(F)c([N+](=O)[O-])c2)C1=O. The lowest BCUT2D eigenvalue weighted by Gasteiger charge is -2.16. The lowest BCUT2D eigenvalue weighted by Crippen LogP contribution is -2.33. The highest BCUT2D eigenvalue weighted by Gasteiger charge is 2.34. The van der Waals surface area contributed by atoms with Crippen molar-refractivity contribution < 1.29 is 14.1 Å². The normalized spacial score (nSPS) is 16.9. The Balaban J connectivity index is 1.78. The molecule has 1 aliphatic heterocycles. The Hall–Kier alpha value is -2.99. The molecule has 1 aromatic carbocycles. The number of nitro benzene ring substituents is 1. The maximum absolute atomic E-state index is 13.4. The molecule has 0 bridgehead atoms. The summed E-state index contributed by atoms with van der Waals surface area (Å²) in [7, 11) is 0. The van der Waals surface area contributed by atoms with Gasteiger partial charge >= 0.3 is 5.69 Å². The van der Waals surface area contributed by atoms with Crippen molar-refractivity contribution in [1.82, 2.24) is 0 Å². The van der Waals surface area contributed by atoms with Gasteiger partial charge in [-0.25, -0.2) is 0 Å². The second-order valence-electron chi connectivity index (χ2n) is 5.15. The number of benzene rings is 1. The smallest absolute Gasteiger partial charge is 0.306 e. The molecule has 2 aromatic rings. The molecule has 3 rings (SSSR count). The first kappa shape index (κ1) is 15.9. The number of thiophene rings is 1. The van der Waals surface area contributed by atoms with Gasteiger partial charge in [-0.3, -0.25) is 14.9 Å². The molecule has 1 saturated heterocycles. The number of rotatable bonds is 4. The lowest BCUT2D eigenvalue weighted by atomic mass is 10.2. The highest BCUT2D eigenvalue weighted by atomic mass is 32.1. The van der Waals surface area contributed by atoms with Crippen molar-refractivity contribution in [3.63, 3.8) is 0 Å². The Bertz CT molecular complexity index is 861. The minimum atomic E-state index is -0.929. The van der Waals surface area contributed by atoms with Crippen molar-refractivity contribution in [2.75, 3.05) is 16.8 Å². The highest BCUT2D eigenvalue weighted by Crippen LogP contribution is 2.32. The van der Waals surface area contributed by atoms with Gasteiger partial charge in [-0.1, -0.05) is 0 Å². The zero-order chi connectivity index (χ0) is 17.3. The molecule has 1 N–H and O–H groups in total. The maximum Gasteiger partial charge on any atom is 0.306 e.